The molecule has 98 valence electrons. The third-order valence-corrected chi connectivity index (χ3v) is 2.40. The highest BCUT2D eigenvalue weighted by atomic mass is 16.5. The van der Waals surface area contributed by atoms with Gasteiger partial charge in [-0.3, -0.25) is 0 Å². The smallest absolute Gasteiger partial charge is 0.228 e. The molecule has 1 rings (SSSR count). The van der Waals surface area contributed by atoms with Crippen LogP contribution in [0.15, 0.2) is 4.52 Å². The lowest BCUT2D eigenvalue weighted by Gasteiger charge is -2.14. The number of hydrogen-bond donors (Lipinski definition) is 1. The first-order chi connectivity index (χ1) is 7.94. The molecule has 1 heterocycles. The summed E-state index contributed by atoms with van der Waals surface area (Å²) < 4.78 is 10.3. The molecule has 1 atom stereocenters. The SMILES string of the molecule is CNC(COC)Cc1nc(CC(C)(C)C)no1. The van der Waals surface area contributed by atoms with Crippen LogP contribution in [0, 0.1) is 5.41 Å². The minimum atomic E-state index is 0.177. The first-order valence-electron chi connectivity index (χ1n) is 5.92. The largest absolute Gasteiger partial charge is 0.383 e. The van der Waals surface area contributed by atoms with Crippen LogP contribution >= 0.6 is 0 Å². The van der Waals surface area contributed by atoms with Gasteiger partial charge in [0.1, 0.15) is 0 Å². The van der Waals surface area contributed by atoms with E-state index in [0.717, 1.165) is 12.2 Å². The molecule has 0 radical (unpaired) electrons. The van der Waals surface area contributed by atoms with Crippen molar-refractivity contribution in [2.75, 3.05) is 20.8 Å². The van der Waals surface area contributed by atoms with Gasteiger partial charge in [0, 0.05) is 26.0 Å². The fourth-order valence-electron chi connectivity index (χ4n) is 1.58. The van der Waals surface area contributed by atoms with Crippen molar-refractivity contribution >= 4 is 0 Å². The molecular weight excluding hydrogens is 218 g/mol. The molecule has 1 unspecified atom stereocenters. The van der Waals surface area contributed by atoms with Gasteiger partial charge in [-0.25, -0.2) is 0 Å². The van der Waals surface area contributed by atoms with E-state index in [0.29, 0.717) is 18.9 Å². The molecule has 0 aliphatic heterocycles. The number of aromatic nitrogens is 2. The van der Waals surface area contributed by atoms with E-state index in [-0.39, 0.29) is 11.5 Å². The predicted octanol–water partition coefficient (Wildman–Crippen LogP) is 1.44. The molecule has 17 heavy (non-hydrogen) atoms. The maximum Gasteiger partial charge on any atom is 0.228 e. The van der Waals surface area contributed by atoms with Gasteiger partial charge in [0.15, 0.2) is 5.82 Å². The summed E-state index contributed by atoms with van der Waals surface area (Å²) in [6, 6.07) is 0.211. The molecule has 1 aromatic heterocycles. The van der Waals surface area contributed by atoms with Gasteiger partial charge >= 0.3 is 0 Å². The normalized spacial score (nSPS) is 13.9. The molecular formula is C12H23N3O2. The molecule has 0 aliphatic rings. The first-order valence-corrected chi connectivity index (χ1v) is 5.92. The maximum atomic E-state index is 5.23. The summed E-state index contributed by atoms with van der Waals surface area (Å²) in [7, 11) is 3.58. The fourth-order valence-corrected chi connectivity index (χ4v) is 1.58. The summed E-state index contributed by atoms with van der Waals surface area (Å²) in [4.78, 5) is 4.39. The summed E-state index contributed by atoms with van der Waals surface area (Å²) in [5, 5.41) is 7.15. The second-order valence-corrected chi connectivity index (χ2v) is 5.49. The van der Waals surface area contributed by atoms with Crippen molar-refractivity contribution in [3.05, 3.63) is 11.7 Å². The summed E-state index contributed by atoms with van der Waals surface area (Å²) in [5.74, 6) is 1.44. The quantitative estimate of drug-likeness (QED) is 0.816. The number of methoxy groups -OCH3 is 1. The molecule has 0 aromatic carbocycles. The Kier molecular flexibility index (Phi) is 5.08. The molecule has 0 fully saturated rings. The van der Waals surface area contributed by atoms with E-state index >= 15 is 0 Å². The van der Waals surface area contributed by atoms with E-state index in [1.807, 2.05) is 7.05 Å². The highest BCUT2D eigenvalue weighted by molar-refractivity contribution is 4.92. The zero-order valence-electron chi connectivity index (χ0n) is 11.4. The molecule has 1 aromatic rings. The van der Waals surface area contributed by atoms with E-state index < -0.39 is 0 Å². The lowest BCUT2D eigenvalue weighted by molar-refractivity contribution is 0.165. The molecule has 1 N–H and O–H groups in total. The molecule has 0 amide bonds. The van der Waals surface area contributed by atoms with Crippen LogP contribution in [0.25, 0.3) is 0 Å². The Bertz CT molecular complexity index is 331. The summed E-state index contributed by atoms with van der Waals surface area (Å²) in [5.41, 5.74) is 0.177. The molecule has 0 saturated carbocycles. The summed E-state index contributed by atoms with van der Waals surface area (Å²) in [6.45, 7) is 7.10. The molecule has 5 heteroatoms. The summed E-state index contributed by atoms with van der Waals surface area (Å²) in [6.07, 6.45) is 1.52. The van der Waals surface area contributed by atoms with Gasteiger partial charge < -0.3 is 14.6 Å². The lowest BCUT2D eigenvalue weighted by Crippen LogP contribution is -2.32. The second-order valence-electron chi connectivity index (χ2n) is 5.49. The zero-order chi connectivity index (χ0) is 12.9. The minimum absolute atomic E-state index is 0.177. The van der Waals surface area contributed by atoms with Gasteiger partial charge in [-0.15, -0.1) is 0 Å². The lowest BCUT2D eigenvalue weighted by atomic mass is 9.92. The van der Waals surface area contributed by atoms with Crippen LogP contribution in [0.3, 0.4) is 0 Å². The Hall–Kier alpha value is -0.940. The minimum Gasteiger partial charge on any atom is -0.383 e. The Morgan fingerprint density at radius 3 is 2.65 bits per heavy atom. The van der Waals surface area contributed by atoms with E-state index in [1.165, 1.54) is 0 Å². The van der Waals surface area contributed by atoms with Crippen molar-refractivity contribution in [1.82, 2.24) is 15.5 Å². The van der Waals surface area contributed by atoms with E-state index in [4.69, 9.17) is 9.26 Å². The van der Waals surface area contributed by atoms with E-state index in [9.17, 15) is 0 Å². The third-order valence-electron chi connectivity index (χ3n) is 2.40. The number of nitrogens with one attached hydrogen (secondary N) is 1. The fraction of sp³-hybridized carbons (Fsp3) is 0.833. The van der Waals surface area contributed by atoms with Crippen molar-refractivity contribution in [1.29, 1.82) is 0 Å². The van der Waals surface area contributed by atoms with Crippen molar-refractivity contribution < 1.29 is 9.26 Å². The number of hydrogen-bond acceptors (Lipinski definition) is 5. The topological polar surface area (TPSA) is 60.2 Å². The van der Waals surface area contributed by atoms with Crippen molar-refractivity contribution in [3.8, 4) is 0 Å². The monoisotopic (exact) mass is 241 g/mol. The van der Waals surface area contributed by atoms with Crippen LogP contribution in [0.2, 0.25) is 0 Å². The Labute approximate surface area is 103 Å². The summed E-state index contributed by atoms with van der Waals surface area (Å²) >= 11 is 0. The number of likely N-dealkylation sites (N-methyl/N-ethyl adjacent to an activating group) is 1. The van der Waals surface area contributed by atoms with Gasteiger partial charge in [-0.2, -0.15) is 4.98 Å². The highest BCUT2D eigenvalue weighted by Gasteiger charge is 2.17. The standard InChI is InChI=1S/C12H23N3O2/c1-12(2,3)7-10-14-11(17-15-10)6-9(13-4)8-16-5/h9,13H,6-8H2,1-5H3. The number of nitrogens with zero attached hydrogens (tertiary/aromatic N) is 2. The van der Waals surface area contributed by atoms with Crippen LogP contribution in [-0.2, 0) is 17.6 Å². The first kappa shape index (κ1) is 14.1. The molecule has 0 bridgehead atoms. The van der Waals surface area contributed by atoms with Crippen LogP contribution in [0.4, 0.5) is 0 Å². The van der Waals surface area contributed by atoms with Gasteiger partial charge in [0.05, 0.1) is 6.61 Å². The van der Waals surface area contributed by atoms with Crippen LogP contribution < -0.4 is 5.32 Å². The highest BCUT2D eigenvalue weighted by Crippen LogP contribution is 2.18. The van der Waals surface area contributed by atoms with Crippen molar-refractivity contribution in [2.45, 2.75) is 39.7 Å². The van der Waals surface area contributed by atoms with E-state index in [2.05, 4.69) is 36.2 Å². The van der Waals surface area contributed by atoms with Gasteiger partial charge in [0.25, 0.3) is 0 Å². The Balaban J connectivity index is 2.55. The van der Waals surface area contributed by atoms with Crippen LogP contribution in [0.1, 0.15) is 32.5 Å². The predicted molar refractivity (Wildman–Crippen MR) is 65.9 cm³/mol. The Morgan fingerprint density at radius 2 is 2.12 bits per heavy atom. The van der Waals surface area contributed by atoms with Gasteiger partial charge in [0.2, 0.25) is 5.89 Å². The Morgan fingerprint density at radius 1 is 1.41 bits per heavy atom. The van der Waals surface area contributed by atoms with Crippen LogP contribution in [0.5, 0.6) is 0 Å². The molecule has 5 nitrogen and oxygen atoms in total. The van der Waals surface area contributed by atoms with Gasteiger partial charge in [-0.1, -0.05) is 25.9 Å². The third kappa shape index (κ3) is 5.28. The average molecular weight is 241 g/mol. The number of ether oxygens (including phenoxy) is 1. The van der Waals surface area contributed by atoms with Gasteiger partial charge in [-0.05, 0) is 12.5 Å². The molecule has 0 spiro atoms. The number of rotatable bonds is 6. The zero-order valence-corrected chi connectivity index (χ0v) is 11.4. The maximum absolute atomic E-state index is 5.23. The van der Waals surface area contributed by atoms with Crippen molar-refractivity contribution in [3.63, 3.8) is 0 Å². The average Bonchev–Trinajstić information content (AvgIpc) is 2.62. The van der Waals surface area contributed by atoms with Crippen LogP contribution in [-0.4, -0.2) is 36.9 Å². The van der Waals surface area contributed by atoms with E-state index in [1.54, 1.807) is 7.11 Å². The molecule has 0 saturated heterocycles. The second kappa shape index (κ2) is 6.12. The molecule has 0 aliphatic carbocycles. The van der Waals surface area contributed by atoms with Crippen molar-refractivity contribution in [2.24, 2.45) is 5.41 Å².